The van der Waals surface area contributed by atoms with Crippen LogP contribution in [0.15, 0.2) is 60.8 Å². The second-order valence-electron chi connectivity index (χ2n) is 9.46. The number of anilines is 1. The van der Waals surface area contributed by atoms with Crippen LogP contribution in [0.5, 0.6) is 5.75 Å². The number of nitrogens with one attached hydrogen (secondary N) is 1. The van der Waals surface area contributed by atoms with E-state index in [0.717, 1.165) is 5.69 Å². The molecule has 5 rings (SSSR count). The van der Waals surface area contributed by atoms with Crippen LogP contribution in [0.2, 0.25) is 0 Å². The van der Waals surface area contributed by atoms with E-state index in [4.69, 9.17) is 0 Å². The van der Waals surface area contributed by atoms with Crippen molar-refractivity contribution in [3.63, 3.8) is 0 Å². The van der Waals surface area contributed by atoms with Gasteiger partial charge in [-0.3, -0.25) is 9.20 Å². The Labute approximate surface area is 221 Å². The molecule has 1 N–H and O–H groups in total. The Kier molecular flexibility index (Phi) is 7.16. The Bertz CT molecular complexity index is 1490. The fraction of sp³-hybridized carbons (Fsp3) is 0.286. The molecule has 0 atom stereocenters. The lowest BCUT2D eigenvalue weighted by molar-refractivity contribution is -0.274. The number of pyridine rings is 1. The summed E-state index contributed by atoms with van der Waals surface area (Å²) >= 11 is 0. The average molecular weight is 545 g/mol. The number of halogens is 5. The van der Waals surface area contributed by atoms with E-state index in [0.29, 0.717) is 48.4 Å². The maximum absolute atomic E-state index is 15.1. The van der Waals surface area contributed by atoms with Gasteiger partial charge in [0.2, 0.25) is 0 Å². The molecule has 0 bridgehead atoms. The van der Waals surface area contributed by atoms with E-state index in [-0.39, 0.29) is 29.7 Å². The van der Waals surface area contributed by atoms with E-state index in [1.54, 1.807) is 31.2 Å². The van der Waals surface area contributed by atoms with E-state index in [9.17, 15) is 22.4 Å². The quantitative estimate of drug-likeness (QED) is 0.297. The molecule has 204 valence electrons. The second kappa shape index (κ2) is 10.5. The smallest absolute Gasteiger partial charge is 0.406 e. The number of nitrogens with zero attached hydrogens (tertiary/aromatic N) is 3. The fourth-order valence-electron chi connectivity index (χ4n) is 5.00. The number of carbonyl (C=O) groups is 1. The third kappa shape index (κ3) is 5.97. The van der Waals surface area contributed by atoms with E-state index < -0.39 is 18.1 Å². The summed E-state index contributed by atoms with van der Waals surface area (Å²) in [5, 5.41) is 2.75. The third-order valence-corrected chi connectivity index (χ3v) is 6.86. The highest BCUT2D eigenvalue weighted by atomic mass is 19.4. The van der Waals surface area contributed by atoms with Gasteiger partial charge in [-0.15, -0.1) is 13.2 Å². The normalized spacial score (nSPS) is 14.6. The van der Waals surface area contributed by atoms with Crippen molar-refractivity contribution in [2.75, 3.05) is 18.0 Å². The highest BCUT2D eigenvalue weighted by Crippen LogP contribution is 2.33. The van der Waals surface area contributed by atoms with Gasteiger partial charge in [-0.25, -0.2) is 13.8 Å². The molecule has 0 aliphatic carbocycles. The standard InChI is InChI=1S/C28H25F5N4O2/c1-17-26(37-16-20(29)3-9-25(37)35-17)27(38)34-15-18-2-8-23(24(30)14-18)19-10-12-36(13-11-19)21-4-6-22(7-5-21)39-28(31,32)33/h2-9,14,16,19H,10-13,15H2,1H3,(H,34,38). The minimum absolute atomic E-state index is 0.00608. The van der Waals surface area contributed by atoms with Gasteiger partial charge in [0.05, 0.1) is 5.69 Å². The second-order valence-corrected chi connectivity index (χ2v) is 9.46. The van der Waals surface area contributed by atoms with Gasteiger partial charge in [-0.05, 0) is 79.3 Å². The molecule has 4 aromatic rings. The lowest BCUT2D eigenvalue weighted by Crippen LogP contribution is -2.33. The number of piperidine rings is 1. The number of aryl methyl sites for hydroxylation is 1. The van der Waals surface area contributed by atoms with Crippen molar-refractivity contribution in [2.24, 2.45) is 0 Å². The summed E-state index contributed by atoms with van der Waals surface area (Å²) in [5.74, 6) is -1.58. The Balaban J connectivity index is 1.18. The van der Waals surface area contributed by atoms with Gasteiger partial charge in [0.1, 0.15) is 28.7 Å². The Morgan fingerprint density at radius 1 is 1.05 bits per heavy atom. The van der Waals surface area contributed by atoms with Gasteiger partial charge in [0.25, 0.3) is 5.91 Å². The first-order chi connectivity index (χ1) is 18.6. The predicted octanol–water partition coefficient (Wildman–Crippen LogP) is 6.13. The summed E-state index contributed by atoms with van der Waals surface area (Å²) in [6.45, 7) is 3.00. The Morgan fingerprint density at radius 3 is 2.44 bits per heavy atom. The Morgan fingerprint density at radius 2 is 1.77 bits per heavy atom. The number of benzene rings is 2. The molecule has 6 nitrogen and oxygen atoms in total. The minimum Gasteiger partial charge on any atom is -0.406 e. The van der Waals surface area contributed by atoms with Crippen LogP contribution >= 0.6 is 0 Å². The zero-order chi connectivity index (χ0) is 27.7. The number of hydrogen-bond acceptors (Lipinski definition) is 4. The highest BCUT2D eigenvalue weighted by Gasteiger charge is 2.31. The molecular formula is C28H25F5N4O2. The van der Waals surface area contributed by atoms with Crippen molar-refractivity contribution >= 4 is 17.2 Å². The van der Waals surface area contributed by atoms with Gasteiger partial charge in [-0.2, -0.15) is 0 Å². The molecule has 3 heterocycles. The summed E-state index contributed by atoms with van der Waals surface area (Å²) in [4.78, 5) is 19.1. The lowest BCUT2D eigenvalue weighted by atomic mass is 9.88. The topological polar surface area (TPSA) is 58.9 Å². The number of carbonyl (C=O) groups excluding carboxylic acids is 1. The summed E-state index contributed by atoms with van der Waals surface area (Å²) in [6.07, 6.45) is -2.18. The summed E-state index contributed by atoms with van der Waals surface area (Å²) in [7, 11) is 0. The maximum atomic E-state index is 15.1. The molecule has 1 aliphatic rings. The molecular weight excluding hydrogens is 519 g/mol. The van der Waals surface area contributed by atoms with E-state index in [1.807, 2.05) is 4.90 Å². The largest absolute Gasteiger partial charge is 0.573 e. The van der Waals surface area contributed by atoms with Gasteiger partial charge in [0.15, 0.2) is 0 Å². The van der Waals surface area contributed by atoms with Gasteiger partial charge in [0, 0.05) is 31.5 Å². The number of fused-ring (bicyclic) bond motifs is 1. The zero-order valence-electron chi connectivity index (χ0n) is 20.9. The van der Waals surface area contributed by atoms with Crippen LogP contribution < -0.4 is 15.0 Å². The maximum Gasteiger partial charge on any atom is 0.573 e. The van der Waals surface area contributed by atoms with Crippen molar-refractivity contribution < 1.29 is 31.5 Å². The molecule has 0 spiro atoms. The number of aromatic nitrogens is 2. The summed E-state index contributed by atoms with van der Waals surface area (Å²) in [5.41, 5.74) is 3.08. The molecule has 1 amide bonds. The van der Waals surface area contributed by atoms with Crippen molar-refractivity contribution in [1.82, 2.24) is 14.7 Å². The average Bonchev–Trinajstić information content (AvgIpc) is 3.22. The highest BCUT2D eigenvalue weighted by molar-refractivity contribution is 5.94. The predicted molar refractivity (Wildman–Crippen MR) is 135 cm³/mol. The third-order valence-electron chi connectivity index (χ3n) is 6.86. The number of rotatable bonds is 6. The van der Waals surface area contributed by atoms with E-state index >= 15 is 4.39 Å². The monoisotopic (exact) mass is 544 g/mol. The molecule has 0 radical (unpaired) electrons. The van der Waals surface area contributed by atoms with Crippen LogP contribution in [-0.4, -0.2) is 34.7 Å². The minimum atomic E-state index is -4.74. The van der Waals surface area contributed by atoms with Gasteiger partial charge >= 0.3 is 6.36 Å². The first kappa shape index (κ1) is 26.5. The molecule has 0 unspecified atom stereocenters. The van der Waals surface area contributed by atoms with Crippen molar-refractivity contribution in [3.05, 3.63) is 94.9 Å². The number of ether oxygens (including phenoxy) is 1. The number of hydrogen-bond donors (Lipinski definition) is 1. The number of imidazole rings is 1. The molecule has 1 saturated heterocycles. The van der Waals surface area contributed by atoms with Crippen LogP contribution in [0.4, 0.5) is 27.6 Å². The summed E-state index contributed by atoms with van der Waals surface area (Å²) < 4.78 is 71.2. The molecule has 1 aliphatic heterocycles. The molecule has 1 fully saturated rings. The lowest BCUT2D eigenvalue weighted by Gasteiger charge is -2.34. The van der Waals surface area contributed by atoms with Crippen LogP contribution in [0, 0.1) is 18.6 Å². The zero-order valence-corrected chi connectivity index (χ0v) is 20.9. The van der Waals surface area contributed by atoms with Crippen molar-refractivity contribution in [1.29, 1.82) is 0 Å². The van der Waals surface area contributed by atoms with Crippen molar-refractivity contribution in [2.45, 2.75) is 38.6 Å². The van der Waals surface area contributed by atoms with Crippen LogP contribution in [0.1, 0.15) is 46.1 Å². The SMILES string of the molecule is Cc1nc2ccc(F)cn2c1C(=O)NCc1ccc(C2CCN(c3ccc(OC(F)(F)F)cc3)CC2)c(F)c1. The molecule has 0 saturated carbocycles. The van der Waals surface area contributed by atoms with E-state index in [2.05, 4.69) is 15.0 Å². The Hall–Kier alpha value is -4.15. The van der Waals surface area contributed by atoms with E-state index in [1.165, 1.54) is 40.9 Å². The van der Waals surface area contributed by atoms with Crippen molar-refractivity contribution in [3.8, 4) is 5.75 Å². The first-order valence-electron chi connectivity index (χ1n) is 12.4. The first-order valence-corrected chi connectivity index (χ1v) is 12.4. The number of alkyl halides is 3. The van der Waals surface area contributed by atoms with Gasteiger partial charge in [-0.1, -0.05) is 12.1 Å². The summed E-state index contributed by atoms with van der Waals surface area (Å²) in [6, 6.07) is 13.4. The molecule has 11 heteroatoms. The van der Waals surface area contributed by atoms with Crippen LogP contribution in [-0.2, 0) is 6.54 Å². The molecule has 2 aromatic carbocycles. The molecule has 39 heavy (non-hydrogen) atoms. The fourth-order valence-corrected chi connectivity index (χ4v) is 5.00. The molecule has 2 aromatic heterocycles. The van der Waals surface area contributed by atoms with Crippen LogP contribution in [0.25, 0.3) is 5.65 Å². The number of amides is 1. The van der Waals surface area contributed by atoms with Crippen LogP contribution in [0.3, 0.4) is 0 Å². The van der Waals surface area contributed by atoms with Gasteiger partial charge < -0.3 is 15.0 Å².